The lowest BCUT2D eigenvalue weighted by atomic mass is 10.1. The molecule has 1 aromatic carbocycles. The van der Waals surface area contributed by atoms with Crippen LogP contribution in [0.25, 0.3) is 21.5 Å². The van der Waals surface area contributed by atoms with Crippen LogP contribution in [-0.2, 0) is 0 Å². The Bertz CT molecular complexity index is 676. The standard InChI is InChI=1S/C12H8ClN3S/c13-8-2-4-9(15-6-8)7-1-3-10-11(5-7)17-12(14)16-10/h1-6H,(H2,14,16). The average Bonchev–Trinajstić information content (AvgIpc) is 2.69. The van der Waals surface area contributed by atoms with Gasteiger partial charge in [0.15, 0.2) is 5.13 Å². The third-order valence-electron chi connectivity index (χ3n) is 2.43. The van der Waals surface area contributed by atoms with Crippen molar-refractivity contribution in [2.45, 2.75) is 0 Å². The number of hydrogen-bond donors (Lipinski definition) is 1. The zero-order chi connectivity index (χ0) is 11.8. The summed E-state index contributed by atoms with van der Waals surface area (Å²) >= 11 is 7.29. The smallest absolute Gasteiger partial charge is 0.181 e. The van der Waals surface area contributed by atoms with E-state index in [0.29, 0.717) is 10.2 Å². The topological polar surface area (TPSA) is 51.8 Å². The minimum absolute atomic E-state index is 0.584. The summed E-state index contributed by atoms with van der Waals surface area (Å²) in [5.41, 5.74) is 8.53. The van der Waals surface area contributed by atoms with Gasteiger partial charge in [0.05, 0.1) is 20.9 Å². The number of nitrogens with zero attached hydrogens (tertiary/aromatic N) is 2. The third-order valence-corrected chi connectivity index (χ3v) is 3.50. The monoisotopic (exact) mass is 261 g/mol. The molecule has 2 heterocycles. The number of fused-ring (bicyclic) bond motifs is 1. The van der Waals surface area contributed by atoms with E-state index in [1.807, 2.05) is 30.3 Å². The van der Waals surface area contributed by atoms with Crippen LogP contribution in [0.4, 0.5) is 5.13 Å². The molecule has 84 valence electrons. The number of nitrogens with two attached hydrogens (primary N) is 1. The van der Waals surface area contributed by atoms with Crippen molar-refractivity contribution in [3.63, 3.8) is 0 Å². The van der Waals surface area contributed by atoms with Crippen LogP contribution in [0.3, 0.4) is 0 Å². The van der Waals surface area contributed by atoms with Crippen LogP contribution in [0.15, 0.2) is 36.5 Å². The SMILES string of the molecule is Nc1nc2ccc(-c3ccc(Cl)cn3)cc2s1. The van der Waals surface area contributed by atoms with Gasteiger partial charge in [0, 0.05) is 11.8 Å². The minimum Gasteiger partial charge on any atom is -0.375 e. The molecule has 0 saturated heterocycles. The summed E-state index contributed by atoms with van der Waals surface area (Å²) in [6.45, 7) is 0. The number of nitrogen functional groups attached to an aromatic ring is 1. The first-order valence-electron chi connectivity index (χ1n) is 5.00. The highest BCUT2D eigenvalue weighted by Crippen LogP contribution is 2.28. The molecule has 0 aliphatic carbocycles. The van der Waals surface area contributed by atoms with Crippen LogP contribution in [0.5, 0.6) is 0 Å². The molecule has 2 N–H and O–H groups in total. The molecule has 0 amide bonds. The number of benzene rings is 1. The van der Waals surface area contributed by atoms with Gasteiger partial charge in [-0.05, 0) is 24.3 Å². The normalized spacial score (nSPS) is 10.9. The minimum atomic E-state index is 0.584. The van der Waals surface area contributed by atoms with Gasteiger partial charge < -0.3 is 5.73 Å². The summed E-state index contributed by atoms with van der Waals surface area (Å²) in [5, 5.41) is 1.22. The average molecular weight is 262 g/mol. The van der Waals surface area contributed by atoms with Gasteiger partial charge >= 0.3 is 0 Å². The first-order chi connectivity index (χ1) is 8.22. The van der Waals surface area contributed by atoms with Crippen LogP contribution in [0, 0.1) is 0 Å². The van der Waals surface area contributed by atoms with Crippen LogP contribution in [-0.4, -0.2) is 9.97 Å². The fourth-order valence-electron chi connectivity index (χ4n) is 1.65. The predicted octanol–water partition coefficient (Wildman–Crippen LogP) is 3.59. The summed E-state index contributed by atoms with van der Waals surface area (Å²) in [4.78, 5) is 8.50. The molecule has 3 rings (SSSR count). The number of halogens is 1. The van der Waals surface area contributed by atoms with Crippen LogP contribution >= 0.6 is 22.9 Å². The van der Waals surface area contributed by atoms with Crippen LogP contribution < -0.4 is 5.73 Å². The number of hydrogen-bond acceptors (Lipinski definition) is 4. The maximum Gasteiger partial charge on any atom is 0.181 e. The van der Waals surface area contributed by atoms with Crippen molar-refractivity contribution in [2.24, 2.45) is 0 Å². The summed E-state index contributed by atoms with van der Waals surface area (Å²) < 4.78 is 1.07. The Kier molecular flexibility index (Phi) is 2.46. The Labute approximate surface area is 107 Å². The zero-order valence-corrected chi connectivity index (χ0v) is 10.3. The second-order valence-corrected chi connectivity index (χ2v) is 5.09. The van der Waals surface area contributed by atoms with E-state index in [1.165, 1.54) is 11.3 Å². The summed E-state index contributed by atoms with van der Waals surface area (Å²) in [5.74, 6) is 0. The fraction of sp³-hybridized carbons (Fsp3) is 0. The van der Waals surface area contributed by atoms with Crippen LogP contribution in [0.2, 0.25) is 5.02 Å². The van der Waals surface area contributed by atoms with E-state index < -0.39 is 0 Å². The Morgan fingerprint density at radius 3 is 2.82 bits per heavy atom. The molecule has 0 aliphatic heterocycles. The van der Waals surface area contributed by atoms with Crippen molar-refractivity contribution in [1.29, 1.82) is 0 Å². The van der Waals surface area contributed by atoms with Crippen molar-refractivity contribution < 1.29 is 0 Å². The van der Waals surface area contributed by atoms with Crippen molar-refractivity contribution in [3.05, 3.63) is 41.6 Å². The number of anilines is 1. The Hall–Kier alpha value is -1.65. The number of thiazole rings is 1. The quantitative estimate of drug-likeness (QED) is 0.728. The van der Waals surface area contributed by atoms with E-state index >= 15 is 0 Å². The first kappa shape index (κ1) is 10.5. The molecule has 0 spiro atoms. The molecule has 0 aliphatic rings. The maximum absolute atomic E-state index is 5.81. The molecular weight excluding hydrogens is 254 g/mol. The fourth-order valence-corrected chi connectivity index (χ4v) is 2.53. The van der Waals surface area contributed by atoms with E-state index in [4.69, 9.17) is 17.3 Å². The second kappa shape index (κ2) is 3.98. The molecule has 0 fully saturated rings. The molecule has 0 bridgehead atoms. The van der Waals surface area contributed by atoms with E-state index in [2.05, 4.69) is 9.97 Å². The van der Waals surface area contributed by atoms with E-state index in [-0.39, 0.29) is 0 Å². The molecule has 5 heteroatoms. The van der Waals surface area contributed by atoms with Gasteiger partial charge in [-0.1, -0.05) is 29.0 Å². The third kappa shape index (κ3) is 1.97. The van der Waals surface area contributed by atoms with Crippen molar-refractivity contribution in [1.82, 2.24) is 9.97 Å². The zero-order valence-electron chi connectivity index (χ0n) is 8.72. The Morgan fingerprint density at radius 1 is 1.18 bits per heavy atom. The maximum atomic E-state index is 5.81. The van der Waals surface area contributed by atoms with Gasteiger partial charge in [-0.15, -0.1) is 0 Å². The Balaban J connectivity index is 2.13. The molecule has 0 unspecified atom stereocenters. The van der Waals surface area contributed by atoms with E-state index in [9.17, 15) is 0 Å². The Morgan fingerprint density at radius 2 is 2.06 bits per heavy atom. The number of rotatable bonds is 1. The molecule has 0 radical (unpaired) electrons. The highest BCUT2D eigenvalue weighted by Gasteiger charge is 2.04. The van der Waals surface area contributed by atoms with Crippen molar-refractivity contribution in [3.8, 4) is 11.3 Å². The molecule has 0 saturated carbocycles. The van der Waals surface area contributed by atoms with Crippen molar-refractivity contribution >= 4 is 38.3 Å². The van der Waals surface area contributed by atoms with Gasteiger partial charge in [0.25, 0.3) is 0 Å². The first-order valence-corrected chi connectivity index (χ1v) is 6.20. The molecule has 0 atom stereocenters. The number of pyridine rings is 1. The molecule has 2 aromatic heterocycles. The number of aromatic nitrogens is 2. The van der Waals surface area contributed by atoms with Crippen molar-refractivity contribution in [2.75, 3.05) is 5.73 Å². The molecule has 3 aromatic rings. The molecule has 3 nitrogen and oxygen atoms in total. The van der Waals surface area contributed by atoms with E-state index in [1.54, 1.807) is 6.20 Å². The van der Waals surface area contributed by atoms with Gasteiger partial charge in [-0.25, -0.2) is 4.98 Å². The highest BCUT2D eigenvalue weighted by atomic mass is 35.5. The lowest BCUT2D eigenvalue weighted by Crippen LogP contribution is -1.82. The van der Waals surface area contributed by atoms with Crippen LogP contribution in [0.1, 0.15) is 0 Å². The van der Waals surface area contributed by atoms with Gasteiger partial charge in [0.1, 0.15) is 0 Å². The lowest BCUT2D eigenvalue weighted by Gasteiger charge is -2.00. The highest BCUT2D eigenvalue weighted by molar-refractivity contribution is 7.22. The summed E-state index contributed by atoms with van der Waals surface area (Å²) in [7, 11) is 0. The lowest BCUT2D eigenvalue weighted by molar-refractivity contribution is 1.33. The largest absolute Gasteiger partial charge is 0.375 e. The van der Waals surface area contributed by atoms with Gasteiger partial charge in [-0.3, -0.25) is 4.98 Å². The summed E-state index contributed by atoms with van der Waals surface area (Å²) in [6, 6.07) is 9.70. The second-order valence-electron chi connectivity index (χ2n) is 3.60. The molecular formula is C12H8ClN3S. The predicted molar refractivity (Wildman–Crippen MR) is 72.3 cm³/mol. The van der Waals surface area contributed by atoms with Gasteiger partial charge in [0.2, 0.25) is 0 Å². The van der Waals surface area contributed by atoms with E-state index in [0.717, 1.165) is 21.5 Å². The molecule has 17 heavy (non-hydrogen) atoms. The summed E-state index contributed by atoms with van der Waals surface area (Å²) in [6.07, 6.45) is 1.64. The van der Waals surface area contributed by atoms with Gasteiger partial charge in [-0.2, -0.15) is 0 Å².